The summed E-state index contributed by atoms with van der Waals surface area (Å²) < 4.78 is 16.1. The summed E-state index contributed by atoms with van der Waals surface area (Å²) in [5, 5.41) is 7.81. The average Bonchev–Trinajstić information content (AvgIpc) is 3.20. The number of fused-ring (bicyclic) bond motifs is 2. The number of hydrogen-bond donors (Lipinski definition) is 1. The van der Waals surface area contributed by atoms with E-state index in [0.717, 1.165) is 17.9 Å². The second-order valence-corrected chi connectivity index (χ2v) is 6.76. The second kappa shape index (κ2) is 7.62. The molecule has 7 heteroatoms. The third-order valence-electron chi connectivity index (χ3n) is 5.14. The van der Waals surface area contributed by atoms with Crippen LogP contribution in [0, 0.1) is 5.92 Å². The van der Waals surface area contributed by atoms with Gasteiger partial charge in [0.1, 0.15) is 0 Å². The van der Waals surface area contributed by atoms with E-state index in [4.69, 9.17) is 14.0 Å². The van der Waals surface area contributed by atoms with E-state index in [9.17, 15) is 0 Å². The van der Waals surface area contributed by atoms with Gasteiger partial charge in [-0.1, -0.05) is 5.16 Å². The van der Waals surface area contributed by atoms with Crippen molar-refractivity contribution in [3.8, 4) is 22.9 Å². The molecule has 2 aromatic rings. The normalized spacial score (nSPS) is 24.6. The first-order valence-corrected chi connectivity index (χ1v) is 8.56. The SMILES string of the molecule is COc1ccc(-c2noc(CC3CC4CCC(C3)N4)n2)cc1OC.Cl. The molecule has 2 aliphatic rings. The molecule has 4 rings (SSSR count). The number of ether oxygens (including phenoxy) is 2. The monoisotopic (exact) mass is 365 g/mol. The van der Waals surface area contributed by atoms with Gasteiger partial charge in [0.2, 0.25) is 11.7 Å². The third-order valence-corrected chi connectivity index (χ3v) is 5.14. The van der Waals surface area contributed by atoms with Gasteiger partial charge >= 0.3 is 0 Å². The van der Waals surface area contributed by atoms with E-state index in [2.05, 4.69) is 15.5 Å². The Kier molecular flexibility index (Phi) is 5.49. The highest BCUT2D eigenvalue weighted by Crippen LogP contribution is 2.34. The highest BCUT2D eigenvalue weighted by Gasteiger charge is 2.34. The van der Waals surface area contributed by atoms with E-state index in [1.807, 2.05) is 18.2 Å². The Balaban J connectivity index is 0.00000182. The molecule has 2 saturated heterocycles. The van der Waals surface area contributed by atoms with Crippen LogP contribution in [0.1, 0.15) is 31.6 Å². The first kappa shape index (κ1) is 18.0. The fourth-order valence-corrected chi connectivity index (χ4v) is 4.02. The van der Waals surface area contributed by atoms with Crippen molar-refractivity contribution in [1.82, 2.24) is 15.5 Å². The molecule has 0 saturated carbocycles. The maximum absolute atomic E-state index is 5.49. The van der Waals surface area contributed by atoms with Crippen molar-refractivity contribution in [2.45, 2.75) is 44.2 Å². The summed E-state index contributed by atoms with van der Waals surface area (Å²) in [5.41, 5.74) is 0.869. The summed E-state index contributed by atoms with van der Waals surface area (Å²) in [7, 11) is 3.24. The molecule has 0 amide bonds. The molecule has 2 bridgehead atoms. The summed E-state index contributed by atoms with van der Waals surface area (Å²) >= 11 is 0. The van der Waals surface area contributed by atoms with Gasteiger partial charge in [-0.2, -0.15) is 4.98 Å². The van der Waals surface area contributed by atoms with Crippen molar-refractivity contribution in [1.29, 1.82) is 0 Å². The Morgan fingerprint density at radius 1 is 1.12 bits per heavy atom. The zero-order valence-electron chi connectivity index (χ0n) is 14.5. The lowest BCUT2D eigenvalue weighted by Gasteiger charge is -2.27. The molecule has 2 atom stereocenters. The number of halogens is 1. The minimum absolute atomic E-state index is 0. The van der Waals surface area contributed by atoms with Gasteiger partial charge in [0, 0.05) is 24.1 Å². The minimum Gasteiger partial charge on any atom is -0.493 e. The van der Waals surface area contributed by atoms with Crippen LogP contribution in [0.15, 0.2) is 22.7 Å². The van der Waals surface area contributed by atoms with Gasteiger partial charge in [-0.05, 0) is 49.8 Å². The molecule has 2 fully saturated rings. The third kappa shape index (κ3) is 3.75. The highest BCUT2D eigenvalue weighted by atomic mass is 35.5. The van der Waals surface area contributed by atoms with Crippen LogP contribution in [0.2, 0.25) is 0 Å². The lowest BCUT2D eigenvalue weighted by atomic mass is 9.90. The van der Waals surface area contributed by atoms with E-state index >= 15 is 0 Å². The number of hydrogen-bond acceptors (Lipinski definition) is 6. The average molecular weight is 366 g/mol. The predicted molar refractivity (Wildman–Crippen MR) is 96.5 cm³/mol. The van der Waals surface area contributed by atoms with Crippen LogP contribution in [-0.2, 0) is 6.42 Å². The van der Waals surface area contributed by atoms with Gasteiger partial charge < -0.3 is 19.3 Å². The second-order valence-electron chi connectivity index (χ2n) is 6.76. The summed E-state index contributed by atoms with van der Waals surface area (Å²) in [6.07, 6.45) is 5.91. The Labute approximate surface area is 153 Å². The largest absolute Gasteiger partial charge is 0.493 e. The highest BCUT2D eigenvalue weighted by molar-refractivity contribution is 5.85. The molecular formula is C18H24ClN3O3. The summed E-state index contributed by atoms with van der Waals surface area (Å²) in [4.78, 5) is 4.58. The fourth-order valence-electron chi connectivity index (χ4n) is 4.02. The summed E-state index contributed by atoms with van der Waals surface area (Å²) in [5.74, 6) is 3.32. The summed E-state index contributed by atoms with van der Waals surface area (Å²) in [6, 6.07) is 7.01. The van der Waals surface area contributed by atoms with Crippen molar-refractivity contribution in [3.63, 3.8) is 0 Å². The van der Waals surface area contributed by atoms with E-state index in [0.29, 0.717) is 35.3 Å². The molecule has 0 spiro atoms. The van der Waals surface area contributed by atoms with Gasteiger partial charge in [0.25, 0.3) is 0 Å². The summed E-state index contributed by atoms with van der Waals surface area (Å²) in [6.45, 7) is 0. The standard InChI is InChI=1S/C18H23N3O3.ClH/c1-22-15-6-3-12(10-16(15)23-2)18-20-17(24-21-18)9-11-7-13-4-5-14(8-11)19-13;/h3,6,10-11,13-14,19H,4-5,7-9H2,1-2H3;1H. The van der Waals surface area contributed by atoms with E-state index in [1.54, 1.807) is 14.2 Å². The lowest BCUT2D eigenvalue weighted by Crippen LogP contribution is -2.38. The van der Waals surface area contributed by atoms with Crippen LogP contribution in [0.5, 0.6) is 11.5 Å². The number of aromatic nitrogens is 2. The van der Waals surface area contributed by atoms with Gasteiger partial charge in [0.15, 0.2) is 11.5 Å². The van der Waals surface area contributed by atoms with Gasteiger partial charge in [-0.15, -0.1) is 12.4 Å². The fraction of sp³-hybridized carbons (Fsp3) is 0.556. The van der Waals surface area contributed by atoms with E-state index < -0.39 is 0 Å². The molecule has 136 valence electrons. The molecule has 2 aliphatic heterocycles. The molecule has 1 aromatic heterocycles. The first-order chi connectivity index (χ1) is 11.7. The van der Waals surface area contributed by atoms with Crippen LogP contribution in [0.25, 0.3) is 11.4 Å². The molecule has 25 heavy (non-hydrogen) atoms. The topological polar surface area (TPSA) is 69.4 Å². The smallest absolute Gasteiger partial charge is 0.227 e. The molecule has 0 radical (unpaired) electrons. The van der Waals surface area contributed by atoms with E-state index in [1.165, 1.54) is 25.7 Å². The van der Waals surface area contributed by atoms with Crippen LogP contribution in [0.4, 0.5) is 0 Å². The van der Waals surface area contributed by atoms with Gasteiger partial charge in [-0.25, -0.2) is 0 Å². The zero-order valence-corrected chi connectivity index (χ0v) is 15.3. The van der Waals surface area contributed by atoms with Crippen LogP contribution in [0.3, 0.4) is 0 Å². The Hall–Kier alpha value is -1.79. The maximum Gasteiger partial charge on any atom is 0.227 e. The first-order valence-electron chi connectivity index (χ1n) is 8.56. The molecule has 1 aromatic carbocycles. The minimum atomic E-state index is 0. The number of rotatable bonds is 5. The Bertz CT molecular complexity index is 709. The molecule has 2 unspecified atom stereocenters. The van der Waals surface area contributed by atoms with Crippen molar-refractivity contribution in [3.05, 3.63) is 24.1 Å². The number of nitrogens with zero attached hydrogens (tertiary/aromatic N) is 2. The number of benzene rings is 1. The van der Waals surface area contributed by atoms with E-state index in [-0.39, 0.29) is 12.4 Å². The Morgan fingerprint density at radius 2 is 1.84 bits per heavy atom. The lowest BCUT2D eigenvalue weighted by molar-refractivity contribution is 0.270. The Morgan fingerprint density at radius 3 is 2.52 bits per heavy atom. The number of methoxy groups -OCH3 is 2. The van der Waals surface area contributed by atoms with Crippen LogP contribution >= 0.6 is 12.4 Å². The van der Waals surface area contributed by atoms with Crippen molar-refractivity contribution >= 4 is 12.4 Å². The maximum atomic E-state index is 5.49. The van der Waals surface area contributed by atoms with Crippen LogP contribution in [-0.4, -0.2) is 36.4 Å². The molecule has 3 heterocycles. The van der Waals surface area contributed by atoms with Crippen molar-refractivity contribution in [2.75, 3.05) is 14.2 Å². The zero-order chi connectivity index (χ0) is 16.5. The van der Waals surface area contributed by atoms with Crippen molar-refractivity contribution < 1.29 is 14.0 Å². The van der Waals surface area contributed by atoms with Crippen molar-refractivity contribution in [2.24, 2.45) is 5.92 Å². The quantitative estimate of drug-likeness (QED) is 0.877. The molecular weight excluding hydrogens is 342 g/mol. The molecule has 6 nitrogen and oxygen atoms in total. The molecule has 1 N–H and O–H groups in total. The van der Waals surface area contributed by atoms with Crippen LogP contribution < -0.4 is 14.8 Å². The number of piperidine rings is 1. The number of nitrogens with one attached hydrogen (secondary N) is 1. The van der Waals surface area contributed by atoms with Gasteiger partial charge in [-0.3, -0.25) is 0 Å². The van der Waals surface area contributed by atoms with Gasteiger partial charge in [0.05, 0.1) is 14.2 Å². The predicted octanol–water partition coefficient (Wildman–Crippen LogP) is 3.25. The molecule has 0 aliphatic carbocycles.